The number of hydrogen-bond donors (Lipinski definition) is 1. The zero-order valence-electron chi connectivity index (χ0n) is 11.4. The van der Waals surface area contributed by atoms with Crippen LogP contribution in [0.15, 0.2) is 35.8 Å². The van der Waals surface area contributed by atoms with Gasteiger partial charge in [-0.1, -0.05) is 12.7 Å². The van der Waals surface area contributed by atoms with Gasteiger partial charge in [0, 0.05) is 32.4 Å². The van der Waals surface area contributed by atoms with Gasteiger partial charge in [0.05, 0.1) is 0 Å². The molecule has 6 nitrogen and oxygen atoms in total. The molecule has 1 aromatic rings. The summed E-state index contributed by atoms with van der Waals surface area (Å²) in [5.41, 5.74) is -0.294. The third kappa shape index (κ3) is 3.48. The highest BCUT2D eigenvalue weighted by Crippen LogP contribution is 2.03. The largest absolute Gasteiger partial charge is 0.484 e. The third-order valence-corrected chi connectivity index (χ3v) is 3.12. The van der Waals surface area contributed by atoms with Gasteiger partial charge in [0.15, 0.2) is 5.75 Å². The second kappa shape index (κ2) is 6.91. The Labute approximate surface area is 117 Å². The lowest BCUT2D eigenvalue weighted by molar-refractivity contribution is -0.132. The first-order valence-electron chi connectivity index (χ1n) is 6.64. The molecule has 0 aromatic carbocycles. The molecule has 20 heavy (non-hydrogen) atoms. The molecular formula is C14H19N3O3. The van der Waals surface area contributed by atoms with E-state index in [0.717, 1.165) is 13.1 Å². The van der Waals surface area contributed by atoms with Crippen molar-refractivity contribution in [1.82, 2.24) is 14.8 Å². The number of aromatic nitrogens is 1. The van der Waals surface area contributed by atoms with Crippen LogP contribution < -0.4 is 15.6 Å². The van der Waals surface area contributed by atoms with Crippen LogP contribution >= 0.6 is 0 Å². The molecule has 0 bridgehead atoms. The Hall–Kier alpha value is -2.08. The van der Waals surface area contributed by atoms with Crippen LogP contribution in [0.25, 0.3) is 0 Å². The van der Waals surface area contributed by atoms with Gasteiger partial charge in [0.1, 0.15) is 13.2 Å². The summed E-state index contributed by atoms with van der Waals surface area (Å²) < 4.78 is 6.65. The van der Waals surface area contributed by atoms with Crippen LogP contribution in [0, 0.1) is 0 Å². The molecule has 0 atom stereocenters. The Kier molecular flexibility index (Phi) is 4.95. The van der Waals surface area contributed by atoms with E-state index in [0.29, 0.717) is 13.1 Å². The van der Waals surface area contributed by atoms with Gasteiger partial charge in [0.25, 0.3) is 5.56 Å². The van der Waals surface area contributed by atoms with Crippen molar-refractivity contribution in [2.24, 2.45) is 0 Å². The van der Waals surface area contributed by atoms with Crippen molar-refractivity contribution in [3.63, 3.8) is 0 Å². The van der Waals surface area contributed by atoms with Gasteiger partial charge in [-0.2, -0.15) is 0 Å². The maximum absolute atomic E-state index is 12.1. The number of pyridine rings is 1. The first-order valence-corrected chi connectivity index (χ1v) is 6.64. The van der Waals surface area contributed by atoms with E-state index in [1.165, 1.54) is 4.57 Å². The summed E-state index contributed by atoms with van der Waals surface area (Å²) in [5, 5.41) is 3.19. The fourth-order valence-electron chi connectivity index (χ4n) is 2.06. The predicted octanol–water partition coefficient (Wildman–Crippen LogP) is -0.155. The van der Waals surface area contributed by atoms with E-state index in [1.54, 1.807) is 29.3 Å². The van der Waals surface area contributed by atoms with Crippen molar-refractivity contribution < 1.29 is 9.53 Å². The van der Waals surface area contributed by atoms with Crippen LogP contribution in [0.1, 0.15) is 0 Å². The summed E-state index contributed by atoms with van der Waals surface area (Å²) in [5.74, 6) is 0.190. The zero-order valence-corrected chi connectivity index (χ0v) is 11.4. The lowest BCUT2D eigenvalue weighted by Gasteiger charge is -2.27. The monoisotopic (exact) mass is 277 g/mol. The number of ether oxygens (including phenoxy) is 1. The van der Waals surface area contributed by atoms with Crippen molar-refractivity contribution in [2.75, 3.05) is 32.8 Å². The molecule has 1 amide bonds. The van der Waals surface area contributed by atoms with Gasteiger partial charge < -0.3 is 19.5 Å². The van der Waals surface area contributed by atoms with Crippen LogP contribution in [0.4, 0.5) is 0 Å². The molecule has 108 valence electrons. The number of carbonyl (C=O) groups excluding carboxylic acids is 1. The molecule has 0 spiro atoms. The smallest absolute Gasteiger partial charge is 0.293 e. The SMILES string of the molecule is C=CCOc1cccn(CC(=O)N2CCNCC2)c1=O. The topological polar surface area (TPSA) is 63.6 Å². The molecule has 2 rings (SSSR count). The predicted molar refractivity (Wildman–Crippen MR) is 75.8 cm³/mol. The summed E-state index contributed by atoms with van der Waals surface area (Å²) >= 11 is 0. The standard InChI is InChI=1S/C14H19N3O3/c1-2-10-20-12-4-3-7-17(14(12)19)11-13(18)16-8-5-15-6-9-16/h2-4,7,15H,1,5-6,8-11H2. The van der Waals surface area contributed by atoms with Crippen molar-refractivity contribution in [3.8, 4) is 5.75 Å². The van der Waals surface area contributed by atoms with Crippen molar-refractivity contribution in [1.29, 1.82) is 0 Å². The summed E-state index contributed by atoms with van der Waals surface area (Å²) in [6.07, 6.45) is 3.17. The van der Waals surface area contributed by atoms with Crippen molar-refractivity contribution in [2.45, 2.75) is 6.54 Å². The highest BCUT2D eigenvalue weighted by Gasteiger charge is 2.17. The third-order valence-electron chi connectivity index (χ3n) is 3.12. The second-order valence-electron chi connectivity index (χ2n) is 4.54. The fourth-order valence-corrected chi connectivity index (χ4v) is 2.06. The molecule has 0 saturated carbocycles. The Balaban J connectivity index is 2.06. The van der Waals surface area contributed by atoms with E-state index in [-0.39, 0.29) is 30.4 Å². The molecule has 1 aromatic heterocycles. The average molecular weight is 277 g/mol. The minimum absolute atomic E-state index is 0.0458. The Morgan fingerprint density at radius 2 is 2.20 bits per heavy atom. The first kappa shape index (κ1) is 14.3. The van der Waals surface area contributed by atoms with E-state index >= 15 is 0 Å². The molecule has 6 heteroatoms. The Morgan fingerprint density at radius 3 is 2.90 bits per heavy atom. The number of carbonyl (C=O) groups is 1. The van der Waals surface area contributed by atoms with E-state index in [4.69, 9.17) is 4.74 Å². The number of amides is 1. The van der Waals surface area contributed by atoms with Crippen molar-refractivity contribution in [3.05, 3.63) is 41.3 Å². The molecule has 1 aliphatic rings. The summed E-state index contributed by atoms with van der Waals surface area (Å²) in [7, 11) is 0. The molecular weight excluding hydrogens is 258 g/mol. The van der Waals surface area contributed by atoms with Gasteiger partial charge >= 0.3 is 0 Å². The Morgan fingerprint density at radius 1 is 1.45 bits per heavy atom. The number of nitrogens with zero attached hydrogens (tertiary/aromatic N) is 2. The molecule has 2 heterocycles. The zero-order chi connectivity index (χ0) is 14.4. The number of piperazine rings is 1. The van der Waals surface area contributed by atoms with Crippen LogP contribution in [-0.2, 0) is 11.3 Å². The normalized spacial score (nSPS) is 14.9. The first-order chi connectivity index (χ1) is 9.72. The van der Waals surface area contributed by atoms with Gasteiger partial charge in [-0.05, 0) is 12.1 Å². The summed E-state index contributed by atoms with van der Waals surface area (Å²) in [4.78, 5) is 26.0. The van der Waals surface area contributed by atoms with Crippen LogP contribution in [0.3, 0.4) is 0 Å². The van der Waals surface area contributed by atoms with Gasteiger partial charge in [-0.3, -0.25) is 9.59 Å². The minimum atomic E-state index is -0.294. The van der Waals surface area contributed by atoms with Crippen LogP contribution in [-0.4, -0.2) is 48.2 Å². The highest BCUT2D eigenvalue weighted by atomic mass is 16.5. The summed E-state index contributed by atoms with van der Waals surface area (Å²) in [6, 6.07) is 3.29. The van der Waals surface area contributed by atoms with Gasteiger partial charge in [-0.25, -0.2) is 0 Å². The van der Waals surface area contributed by atoms with E-state index in [9.17, 15) is 9.59 Å². The molecule has 1 fully saturated rings. The second-order valence-corrected chi connectivity index (χ2v) is 4.54. The summed E-state index contributed by atoms with van der Waals surface area (Å²) in [6.45, 7) is 6.80. The van der Waals surface area contributed by atoms with Gasteiger partial charge in [-0.15, -0.1) is 0 Å². The quantitative estimate of drug-likeness (QED) is 0.760. The van der Waals surface area contributed by atoms with Crippen molar-refractivity contribution >= 4 is 5.91 Å². The van der Waals surface area contributed by atoms with E-state index in [1.807, 2.05) is 0 Å². The molecule has 1 saturated heterocycles. The fraction of sp³-hybridized carbons (Fsp3) is 0.429. The molecule has 0 radical (unpaired) electrons. The lowest BCUT2D eigenvalue weighted by atomic mass is 10.3. The number of hydrogen-bond acceptors (Lipinski definition) is 4. The highest BCUT2D eigenvalue weighted by molar-refractivity contribution is 5.76. The lowest BCUT2D eigenvalue weighted by Crippen LogP contribution is -2.48. The maximum Gasteiger partial charge on any atom is 0.293 e. The molecule has 0 unspecified atom stereocenters. The molecule has 0 aliphatic carbocycles. The van der Waals surface area contributed by atoms with E-state index < -0.39 is 0 Å². The van der Waals surface area contributed by atoms with E-state index in [2.05, 4.69) is 11.9 Å². The average Bonchev–Trinajstić information content (AvgIpc) is 2.49. The molecule has 1 N–H and O–H groups in total. The Bertz CT molecular complexity index is 533. The van der Waals surface area contributed by atoms with Gasteiger partial charge in [0.2, 0.25) is 5.91 Å². The maximum atomic E-state index is 12.1. The number of rotatable bonds is 5. The van der Waals surface area contributed by atoms with Crippen LogP contribution in [0.2, 0.25) is 0 Å². The molecule has 1 aliphatic heterocycles. The number of nitrogens with one attached hydrogen (secondary N) is 1. The minimum Gasteiger partial charge on any atom is -0.484 e. The van der Waals surface area contributed by atoms with Crippen LogP contribution in [0.5, 0.6) is 5.75 Å².